The molecule has 0 amide bonds. The summed E-state index contributed by atoms with van der Waals surface area (Å²) in [5.41, 5.74) is 0.683. The number of esters is 1. The van der Waals surface area contributed by atoms with E-state index in [1.54, 1.807) is 38.2 Å². The monoisotopic (exact) mass is 240 g/mol. The molecule has 0 heterocycles. The average molecular weight is 240 g/mol. The lowest BCUT2D eigenvalue weighted by Crippen LogP contribution is -2.17. The Kier molecular flexibility index (Phi) is 13.5. The van der Waals surface area contributed by atoms with Crippen LogP contribution in [0.15, 0.2) is 36.5 Å². The summed E-state index contributed by atoms with van der Waals surface area (Å²) >= 11 is 0. The van der Waals surface area contributed by atoms with E-state index in [1.807, 2.05) is 13.8 Å². The molecule has 0 saturated carbocycles. The Hall–Kier alpha value is -1.35. The molecule has 0 unspecified atom stereocenters. The van der Waals surface area contributed by atoms with Gasteiger partial charge in [-0.2, -0.15) is 0 Å². The molecule has 0 aromatic rings. The van der Waals surface area contributed by atoms with Crippen molar-refractivity contribution in [3.05, 3.63) is 36.5 Å². The molecular formula is C14H24O3. The van der Waals surface area contributed by atoms with Gasteiger partial charge in [-0.1, -0.05) is 44.7 Å². The van der Waals surface area contributed by atoms with Gasteiger partial charge in [0.25, 0.3) is 0 Å². The van der Waals surface area contributed by atoms with Crippen LogP contribution < -0.4 is 0 Å². The van der Waals surface area contributed by atoms with Crippen LogP contribution in [0.25, 0.3) is 0 Å². The summed E-state index contributed by atoms with van der Waals surface area (Å²) in [6.07, 6.45) is 5.96. The molecule has 0 bridgehead atoms. The third-order valence-electron chi connectivity index (χ3n) is 1.81. The van der Waals surface area contributed by atoms with E-state index in [0.29, 0.717) is 12.2 Å². The Morgan fingerprint density at radius 2 is 2.06 bits per heavy atom. The molecular weight excluding hydrogens is 216 g/mol. The number of hydrogen-bond acceptors (Lipinski definition) is 3. The maximum Gasteiger partial charge on any atom is 0.308 e. The van der Waals surface area contributed by atoms with E-state index in [-0.39, 0.29) is 6.42 Å². The van der Waals surface area contributed by atoms with Crippen molar-refractivity contribution < 1.29 is 14.6 Å². The number of hydrogen-bond donors (Lipinski definition) is 1. The van der Waals surface area contributed by atoms with Gasteiger partial charge >= 0.3 is 5.97 Å². The molecule has 0 aliphatic heterocycles. The van der Waals surface area contributed by atoms with E-state index in [0.717, 1.165) is 0 Å². The summed E-state index contributed by atoms with van der Waals surface area (Å²) in [6.45, 7) is 11.4. The second-order valence-electron chi connectivity index (χ2n) is 2.91. The van der Waals surface area contributed by atoms with Crippen LogP contribution in [0.1, 0.15) is 34.1 Å². The lowest BCUT2D eigenvalue weighted by molar-refractivity contribution is -0.144. The average Bonchev–Trinajstić information content (AvgIpc) is 2.33. The molecule has 17 heavy (non-hydrogen) atoms. The molecule has 0 aromatic carbocycles. The van der Waals surface area contributed by atoms with Gasteiger partial charge in [0.1, 0.15) is 0 Å². The predicted molar refractivity (Wildman–Crippen MR) is 71.7 cm³/mol. The van der Waals surface area contributed by atoms with E-state index in [2.05, 4.69) is 6.58 Å². The second kappa shape index (κ2) is 12.7. The van der Waals surface area contributed by atoms with Gasteiger partial charge in [-0.3, -0.25) is 4.79 Å². The molecule has 0 rings (SSSR count). The number of allylic oxidation sites excluding steroid dienone is 3. The predicted octanol–water partition coefficient (Wildman–Crippen LogP) is 3.02. The third kappa shape index (κ3) is 9.57. The highest BCUT2D eigenvalue weighted by atomic mass is 16.5. The van der Waals surface area contributed by atoms with Crippen LogP contribution in [-0.4, -0.2) is 23.8 Å². The molecule has 1 atom stereocenters. The maximum atomic E-state index is 11.1. The number of aliphatic hydroxyl groups excluding tert-OH is 1. The minimum absolute atomic E-state index is 0.0189. The van der Waals surface area contributed by atoms with Crippen molar-refractivity contribution in [2.75, 3.05) is 6.61 Å². The minimum Gasteiger partial charge on any atom is -0.466 e. The van der Waals surface area contributed by atoms with Crippen molar-refractivity contribution in [1.29, 1.82) is 0 Å². The molecule has 0 fully saturated rings. The smallest absolute Gasteiger partial charge is 0.308 e. The normalized spacial score (nSPS) is 12.6. The highest BCUT2D eigenvalue weighted by Crippen LogP contribution is 2.09. The summed E-state index contributed by atoms with van der Waals surface area (Å²) in [6, 6.07) is 0. The van der Waals surface area contributed by atoms with Crippen LogP contribution in [0.5, 0.6) is 0 Å². The van der Waals surface area contributed by atoms with Gasteiger partial charge < -0.3 is 9.84 Å². The van der Waals surface area contributed by atoms with Crippen molar-refractivity contribution in [3.63, 3.8) is 0 Å². The van der Waals surface area contributed by atoms with Gasteiger partial charge in [-0.15, -0.1) is 0 Å². The van der Waals surface area contributed by atoms with Gasteiger partial charge in [0.2, 0.25) is 0 Å². The van der Waals surface area contributed by atoms with E-state index in [1.165, 1.54) is 0 Å². The molecule has 0 aromatic heterocycles. The SMILES string of the molecule is C=C/C=C\C(=C/C)[C@@H](O)CC(=O)OCC.CC. The Morgan fingerprint density at radius 1 is 1.47 bits per heavy atom. The zero-order valence-corrected chi connectivity index (χ0v) is 11.3. The Balaban J connectivity index is 0. The first-order chi connectivity index (χ1) is 8.15. The lowest BCUT2D eigenvalue weighted by Gasteiger charge is -2.10. The van der Waals surface area contributed by atoms with Crippen molar-refractivity contribution in [3.8, 4) is 0 Å². The van der Waals surface area contributed by atoms with Gasteiger partial charge in [-0.05, 0) is 19.4 Å². The highest BCUT2D eigenvalue weighted by molar-refractivity contribution is 5.70. The van der Waals surface area contributed by atoms with E-state index < -0.39 is 12.1 Å². The van der Waals surface area contributed by atoms with Crippen LogP contribution in [0.4, 0.5) is 0 Å². The minimum atomic E-state index is -0.815. The largest absolute Gasteiger partial charge is 0.466 e. The van der Waals surface area contributed by atoms with E-state index >= 15 is 0 Å². The molecule has 0 aliphatic rings. The van der Waals surface area contributed by atoms with Gasteiger partial charge in [0.05, 0.1) is 19.1 Å². The lowest BCUT2D eigenvalue weighted by atomic mass is 10.1. The quantitative estimate of drug-likeness (QED) is 0.573. The van der Waals surface area contributed by atoms with Crippen molar-refractivity contribution in [2.45, 2.75) is 40.2 Å². The fraction of sp³-hybridized carbons (Fsp3) is 0.500. The molecule has 3 nitrogen and oxygen atoms in total. The van der Waals surface area contributed by atoms with Gasteiger partial charge in [0, 0.05) is 0 Å². The van der Waals surface area contributed by atoms with E-state index in [4.69, 9.17) is 4.74 Å². The second-order valence-corrected chi connectivity index (χ2v) is 2.91. The molecule has 0 radical (unpaired) electrons. The maximum absolute atomic E-state index is 11.1. The summed E-state index contributed by atoms with van der Waals surface area (Å²) in [7, 11) is 0. The topological polar surface area (TPSA) is 46.5 Å². The first-order valence-electron chi connectivity index (χ1n) is 5.94. The van der Waals surface area contributed by atoms with Crippen LogP contribution in [0, 0.1) is 0 Å². The zero-order chi connectivity index (χ0) is 13.7. The Labute approximate surface area is 104 Å². The van der Waals surface area contributed by atoms with Crippen molar-refractivity contribution >= 4 is 5.97 Å². The summed E-state index contributed by atoms with van der Waals surface area (Å²) < 4.78 is 4.74. The number of carbonyl (C=O) groups excluding carboxylic acids is 1. The van der Waals surface area contributed by atoms with Gasteiger partial charge in [-0.25, -0.2) is 0 Å². The Morgan fingerprint density at radius 3 is 2.47 bits per heavy atom. The number of ether oxygens (including phenoxy) is 1. The standard InChI is InChI=1S/C12H18O3.C2H6/c1-4-7-8-10(5-2)11(13)9-12(14)15-6-3;1-2/h4-5,7-8,11,13H,1,6,9H2,2-3H3;1-2H3/b8-7-,10-5+;/t11-;/m0./s1. The fourth-order valence-corrected chi connectivity index (χ4v) is 1.07. The summed E-state index contributed by atoms with van der Waals surface area (Å²) in [5, 5.41) is 9.68. The molecule has 98 valence electrons. The molecule has 1 N–H and O–H groups in total. The molecule has 0 aliphatic carbocycles. The first kappa shape index (κ1) is 18.0. The first-order valence-corrected chi connectivity index (χ1v) is 5.94. The van der Waals surface area contributed by atoms with E-state index in [9.17, 15) is 9.90 Å². The number of aliphatic hydroxyl groups is 1. The van der Waals surface area contributed by atoms with Crippen LogP contribution in [0.3, 0.4) is 0 Å². The fourth-order valence-electron chi connectivity index (χ4n) is 1.07. The van der Waals surface area contributed by atoms with Crippen molar-refractivity contribution in [2.24, 2.45) is 0 Å². The number of rotatable bonds is 6. The van der Waals surface area contributed by atoms with Crippen molar-refractivity contribution in [1.82, 2.24) is 0 Å². The third-order valence-corrected chi connectivity index (χ3v) is 1.81. The molecule has 0 spiro atoms. The van der Waals surface area contributed by atoms with Gasteiger partial charge in [0.15, 0.2) is 0 Å². The van der Waals surface area contributed by atoms with Crippen LogP contribution in [0.2, 0.25) is 0 Å². The molecule has 0 saturated heterocycles. The zero-order valence-electron chi connectivity index (χ0n) is 11.3. The summed E-state index contributed by atoms with van der Waals surface area (Å²) in [5.74, 6) is -0.392. The summed E-state index contributed by atoms with van der Waals surface area (Å²) in [4.78, 5) is 11.1. The van der Waals surface area contributed by atoms with Crippen LogP contribution in [-0.2, 0) is 9.53 Å². The van der Waals surface area contributed by atoms with Crippen LogP contribution >= 0.6 is 0 Å². The molecule has 3 heteroatoms. The number of carbonyl (C=O) groups is 1. The highest BCUT2D eigenvalue weighted by Gasteiger charge is 2.13. The Bertz CT molecular complexity index is 265.